The van der Waals surface area contributed by atoms with Gasteiger partial charge >= 0.3 is 0 Å². The van der Waals surface area contributed by atoms with Crippen LogP contribution < -0.4 is 5.32 Å². The Bertz CT molecular complexity index is 337. The average molecular weight is 222 g/mol. The Labute approximate surface area is 95.1 Å². The quantitative estimate of drug-likeness (QED) is 0.847. The Morgan fingerprint density at radius 1 is 1.47 bits per heavy atom. The average Bonchev–Trinajstić information content (AvgIpc) is 2.92. The summed E-state index contributed by atoms with van der Waals surface area (Å²) in [6, 6.07) is 0.756. The monoisotopic (exact) mass is 222 g/mol. The van der Waals surface area contributed by atoms with Crippen LogP contribution in [0.1, 0.15) is 49.2 Å². The van der Waals surface area contributed by atoms with E-state index in [1.54, 1.807) is 0 Å². The van der Waals surface area contributed by atoms with Crippen LogP contribution in [0, 0.1) is 5.92 Å². The first kappa shape index (κ1) is 9.79. The van der Waals surface area contributed by atoms with Crippen LogP contribution in [0.15, 0.2) is 5.38 Å². The van der Waals surface area contributed by atoms with Gasteiger partial charge in [-0.15, -0.1) is 11.3 Å². The first-order valence-corrected chi connectivity index (χ1v) is 6.87. The minimum Gasteiger partial charge on any atom is -0.308 e. The molecule has 1 aromatic rings. The van der Waals surface area contributed by atoms with Crippen molar-refractivity contribution in [2.24, 2.45) is 5.92 Å². The zero-order chi connectivity index (χ0) is 10.3. The molecule has 1 N–H and O–H groups in total. The Morgan fingerprint density at radius 3 is 2.93 bits per heavy atom. The molecule has 3 rings (SSSR count). The molecular formula is C12H18N2S. The maximum absolute atomic E-state index is 4.68. The summed E-state index contributed by atoms with van der Waals surface area (Å²) in [4.78, 5) is 4.68. The maximum Gasteiger partial charge on any atom is 0.0959 e. The first-order valence-electron chi connectivity index (χ1n) is 5.99. The zero-order valence-electron chi connectivity index (χ0n) is 9.20. The van der Waals surface area contributed by atoms with Crippen LogP contribution in [0.4, 0.5) is 0 Å². The summed E-state index contributed by atoms with van der Waals surface area (Å²) >= 11 is 1.85. The highest BCUT2D eigenvalue weighted by Gasteiger charge is 2.27. The first-order chi connectivity index (χ1) is 7.31. The number of hydrogen-bond donors (Lipinski definition) is 1. The van der Waals surface area contributed by atoms with Crippen LogP contribution in [0.25, 0.3) is 0 Å². The second-order valence-electron chi connectivity index (χ2n) is 5.11. The predicted molar refractivity (Wildman–Crippen MR) is 63.1 cm³/mol. The highest BCUT2D eigenvalue weighted by molar-refractivity contribution is 7.09. The van der Waals surface area contributed by atoms with E-state index in [2.05, 4.69) is 22.6 Å². The van der Waals surface area contributed by atoms with Gasteiger partial charge in [-0.2, -0.15) is 0 Å². The summed E-state index contributed by atoms with van der Waals surface area (Å²) < 4.78 is 0. The number of nitrogens with one attached hydrogen (secondary N) is 1. The Balaban J connectivity index is 1.49. The number of nitrogens with zero attached hydrogens (tertiary/aromatic N) is 1. The molecule has 1 aromatic heterocycles. The van der Waals surface area contributed by atoms with Gasteiger partial charge in [0.2, 0.25) is 0 Å². The molecule has 0 aromatic carbocycles. The molecule has 3 heteroatoms. The molecule has 0 saturated heterocycles. The van der Waals surface area contributed by atoms with Crippen molar-refractivity contribution in [2.45, 2.75) is 51.1 Å². The fraction of sp³-hybridized carbons (Fsp3) is 0.750. The lowest BCUT2D eigenvalue weighted by Crippen LogP contribution is -2.39. The van der Waals surface area contributed by atoms with Gasteiger partial charge in [0.25, 0.3) is 0 Å². The molecule has 2 aliphatic carbocycles. The molecule has 0 spiro atoms. The van der Waals surface area contributed by atoms with E-state index in [4.69, 9.17) is 0 Å². The van der Waals surface area contributed by atoms with Gasteiger partial charge in [-0.3, -0.25) is 0 Å². The summed E-state index contributed by atoms with van der Waals surface area (Å²) in [7, 11) is 0. The molecule has 0 amide bonds. The van der Waals surface area contributed by atoms with E-state index in [1.807, 2.05) is 11.3 Å². The Morgan fingerprint density at radius 2 is 2.27 bits per heavy atom. The SMILES string of the molecule is CC1CC(NCc2csc(C3CC3)n2)C1. The van der Waals surface area contributed by atoms with Gasteiger partial charge in [-0.05, 0) is 31.6 Å². The Kier molecular flexibility index (Phi) is 2.53. The van der Waals surface area contributed by atoms with Gasteiger partial charge in [0.05, 0.1) is 10.7 Å². The van der Waals surface area contributed by atoms with Crippen molar-refractivity contribution < 1.29 is 0 Å². The van der Waals surface area contributed by atoms with E-state index in [0.29, 0.717) is 0 Å². The summed E-state index contributed by atoms with van der Waals surface area (Å²) in [5.41, 5.74) is 1.25. The molecule has 0 atom stereocenters. The molecular weight excluding hydrogens is 204 g/mol. The number of aromatic nitrogens is 1. The van der Waals surface area contributed by atoms with Crippen LogP contribution >= 0.6 is 11.3 Å². The molecule has 15 heavy (non-hydrogen) atoms. The van der Waals surface area contributed by atoms with Gasteiger partial charge in [0, 0.05) is 23.9 Å². The van der Waals surface area contributed by atoms with Crippen molar-refractivity contribution in [2.75, 3.05) is 0 Å². The van der Waals surface area contributed by atoms with Crippen molar-refractivity contribution in [1.29, 1.82) is 0 Å². The molecule has 0 aliphatic heterocycles. The van der Waals surface area contributed by atoms with Gasteiger partial charge in [0.1, 0.15) is 0 Å². The minimum absolute atomic E-state index is 0.756. The lowest BCUT2D eigenvalue weighted by atomic mass is 9.82. The molecule has 2 fully saturated rings. The van der Waals surface area contributed by atoms with Crippen molar-refractivity contribution >= 4 is 11.3 Å². The van der Waals surface area contributed by atoms with Crippen LogP contribution in [-0.4, -0.2) is 11.0 Å². The van der Waals surface area contributed by atoms with Gasteiger partial charge < -0.3 is 5.32 Å². The molecule has 0 bridgehead atoms. The van der Waals surface area contributed by atoms with Crippen molar-refractivity contribution in [3.05, 3.63) is 16.1 Å². The van der Waals surface area contributed by atoms with E-state index in [0.717, 1.165) is 24.4 Å². The summed E-state index contributed by atoms with van der Waals surface area (Å²) in [6.45, 7) is 3.30. The van der Waals surface area contributed by atoms with Crippen molar-refractivity contribution in [3.63, 3.8) is 0 Å². The van der Waals surface area contributed by atoms with E-state index in [9.17, 15) is 0 Å². The van der Waals surface area contributed by atoms with E-state index in [-0.39, 0.29) is 0 Å². The van der Waals surface area contributed by atoms with Crippen LogP contribution in [0.3, 0.4) is 0 Å². The fourth-order valence-electron chi connectivity index (χ4n) is 2.24. The molecule has 0 unspecified atom stereocenters. The number of thiazole rings is 1. The van der Waals surface area contributed by atoms with E-state index < -0.39 is 0 Å². The van der Waals surface area contributed by atoms with Crippen LogP contribution in [0.5, 0.6) is 0 Å². The molecule has 0 radical (unpaired) electrons. The maximum atomic E-state index is 4.68. The van der Waals surface area contributed by atoms with E-state index >= 15 is 0 Å². The number of rotatable bonds is 4. The fourth-order valence-corrected chi connectivity index (χ4v) is 3.23. The standard InChI is InChI=1S/C12H18N2S/c1-8-4-10(5-8)13-6-11-7-15-12(14-11)9-2-3-9/h7-10,13H,2-6H2,1H3. The second-order valence-corrected chi connectivity index (χ2v) is 6.00. The highest BCUT2D eigenvalue weighted by atomic mass is 32.1. The normalized spacial score (nSPS) is 30.2. The molecule has 1 heterocycles. The molecule has 2 nitrogen and oxygen atoms in total. The van der Waals surface area contributed by atoms with Gasteiger partial charge in [0.15, 0.2) is 0 Å². The predicted octanol–water partition coefficient (Wildman–Crippen LogP) is 2.91. The van der Waals surface area contributed by atoms with E-state index in [1.165, 1.54) is 36.4 Å². The minimum atomic E-state index is 0.756. The van der Waals surface area contributed by atoms with Crippen molar-refractivity contribution in [3.8, 4) is 0 Å². The third-order valence-corrected chi connectivity index (χ3v) is 4.50. The van der Waals surface area contributed by atoms with Crippen molar-refractivity contribution in [1.82, 2.24) is 10.3 Å². The summed E-state index contributed by atoms with van der Waals surface area (Å²) in [5, 5.41) is 7.18. The third-order valence-electron chi connectivity index (χ3n) is 3.44. The zero-order valence-corrected chi connectivity index (χ0v) is 10.0. The highest BCUT2D eigenvalue weighted by Crippen LogP contribution is 2.41. The molecule has 2 saturated carbocycles. The van der Waals surface area contributed by atoms with Gasteiger partial charge in [-0.25, -0.2) is 4.98 Å². The lowest BCUT2D eigenvalue weighted by Gasteiger charge is -2.33. The molecule has 82 valence electrons. The molecule has 2 aliphatic rings. The summed E-state index contributed by atoms with van der Waals surface area (Å²) in [5.74, 6) is 1.74. The number of hydrogen-bond acceptors (Lipinski definition) is 3. The second kappa shape index (κ2) is 3.87. The summed E-state index contributed by atoms with van der Waals surface area (Å²) in [6.07, 6.45) is 5.42. The Hall–Kier alpha value is -0.410. The lowest BCUT2D eigenvalue weighted by molar-refractivity contribution is 0.240. The third kappa shape index (κ3) is 2.23. The van der Waals surface area contributed by atoms with Crippen LogP contribution in [-0.2, 0) is 6.54 Å². The smallest absolute Gasteiger partial charge is 0.0959 e. The van der Waals surface area contributed by atoms with Crippen LogP contribution in [0.2, 0.25) is 0 Å². The van der Waals surface area contributed by atoms with Gasteiger partial charge in [-0.1, -0.05) is 6.92 Å². The largest absolute Gasteiger partial charge is 0.308 e. The topological polar surface area (TPSA) is 24.9 Å².